The third-order valence-electron chi connectivity index (χ3n) is 2.85. The summed E-state index contributed by atoms with van der Waals surface area (Å²) in [6.07, 6.45) is -0.624. The van der Waals surface area contributed by atoms with Gasteiger partial charge >= 0.3 is 5.97 Å². The van der Waals surface area contributed by atoms with Crippen LogP contribution in [0, 0.1) is 0 Å². The number of aryl methyl sites for hydroxylation is 1. The molecule has 0 amide bonds. The average molecular weight is 283 g/mol. The number of aliphatic hydroxyl groups is 1. The molecule has 0 spiro atoms. The Morgan fingerprint density at radius 2 is 2.26 bits per heavy atom. The van der Waals surface area contributed by atoms with Crippen molar-refractivity contribution >= 4 is 28.6 Å². The molecular weight excluding hydrogens is 268 g/mol. The maximum atomic E-state index is 10.7. The SMILES string of the molecule is CCCn1c(C(O)CC(=O)O)nc2ccc(Cl)cc21. The van der Waals surface area contributed by atoms with Crippen LogP contribution in [0.4, 0.5) is 0 Å². The summed E-state index contributed by atoms with van der Waals surface area (Å²) in [5.74, 6) is -0.679. The molecule has 1 unspecified atom stereocenters. The molecule has 0 saturated carbocycles. The van der Waals surface area contributed by atoms with E-state index >= 15 is 0 Å². The molecule has 0 aliphatic rings. The maximum Gasteiger partial charge on any atom is 0.306 e. The Bertz CT molecular complexity index is 609. The molecule has 19 heavy (non-hydrogen) atoms. The minimum atomic E-state index is -1.12. The minimum Gasteiger partial charge on any atom is -0.481 e. The number of hydrogen-bond donors (Lipinski definition) is 2. The van der Waals surface area contributed by atoms with Crippen LogP contribution in [0.1, 0.15) is 31.7 Å². The standard InChI is InChI=1S/C13H15ClN2O3/c1-2-5-16-10-6-8(14)3-4-9(10)15-13(16)11(17)7-12(18)19/h3-4,6,11,17H,2,5,7H2,1H3,(H,18,19). The maximum absolute atomic E-state index is 10.7. The van der Waals surface area contributed by atoms with Crippen LogP contribution in [-0.2, 0) is 11.3 Å². The molecule has 5 nitrogen and oxygen atoms in total. The van der Waals surface area contributed by atoms with Crippen molar-refractivity contribution in [2.24, 2.45) is 0 Å². The van der Waals surface area contributed by atoms with Crippen molar-refractivity contribution in [2.45, 2.75) is 32.4 Å². The molecule has 0 aliphatic heterocycles. The van der Waals surface area contributed by atoms with Crippen LogP contribution in [0.2, 0.25) is 5.02 Å². The summed E-state index contributed by atoms with van der Waals surface area (Å²) in [5, 5.41) is 19.3. The van der Waals surface area contributed by atoms with Crippen molar-refractivity contribution in [1.29, 1.82) is 0 Å². The number of fused-ring (bicyclic) bond motifs is 1. The number of carboxylic acids is 1. The second-order valence-electron chi connectivity index (χ2n) is 4.37. The number of aliphatic hydroxyl groups excluding tert-OH is 1. The first kappa shape index (κ1) is 13.8. The molecule has 102 valence electrons. The minimum absolute atomic E-state index is 0.360. The molecule has 0 radical (unpaired) electrons. The van der Waals surface area contributed by atoms with Crippen molar-refractivity contribution in [3.05, 3.63) is 29.0 Å². The highest BCUT2D eigenvalue weighted by Gasteiger charge is 2.20. The molecule has 6 heteroatoms. The van der Waals surface area contributed by atoms with E-state index in [4.69, 9.17) is 16.7 Å². The van der Waals surface area contributed by atoms with E-state index in [0.29, 0.717) is 22.9 Å². The van der Waals surface area contributed by atoms with Crippen LogP contribution >= 0.6 is 11.6 Å². The summed E-state index contributed by atoms with van der Waals surface area (Å²) in [4.78, 5) is 15.0. The third-order valence-corrected chi connectivity index (χ3v) is 3.09. The van der Waals surface area contributed by atoms with Crippen LogP contribution < -0.4 is 0 Å². The number of carboxylic acid groups (broad SMARTS) is 1. The summed E-state index contributed by atoms with van der Waals surface area (Å²) >= 11 is 5.97. The number of aromatic nitrogens is 2. The van der Waals surface area contributed by atoms with Crippen molar-refractivity contribution in [1.82, 2.24) is 9.55 Å². The normalized spacial score (nSPS) is 12.8. The second kappa shape index (κ2) is 5.59. The van der Waals surface area contributed by atoms with E-state index in [1.54, 1.807) is 18.2 Å². The van der Waals surface area contributed by atoms with Gasteiger partial charge in [0.15, 0.2) is 0 Å². The Labute approximate surface area is 115 Å². The highest BCUT2D eigenvalue weighted by atomic mass is 35.5. The summed E-state index contributed by atoms with van der Waals surface area (Å²) in [6, 6.07) is 5.26. The van der Waals surface area contributed by atoms with Gasteiger partial charge in [0.05, 0.1) is 17.5 Å². The number of hydrogen-bond acceptors (Lipinski definition) is 3. The Balaban J connectivity index is 2.52. The van der Waals surface area contributed by atoms with Crippen LogP contribution in [0.5, 0.6) is 0 Å². The first-order valence-electron chi connectivity index (χ1n) is 6.08. The zero-order chi connectivity index (χ0) is 14.0. The lowest BCUT2D eigenvalue weighted by Gasteiger charge is -2.11. The van der Waals surface area contributed by atoms with Gasteiger partial charge in [-0.3, -0.25) is 4.79 Å². The zero-order valence-electron chi connectivity index (χ0n) is 10.5. The number of rotatable bonds is 5. The van der Waals surface area contributed by atoms with Crippen LogP contribution in [0.3, 0.4) is 0 Å². The van der Waals surface area contributed by atoms with Crippen molar-refractivity contribution in [2.75, 3.05) is 0 Å². The molecule has 0 aliphatic carbocycles. The second-order valence-corrected chi connectivity index (χ2v) is 4.80. The highest BCUT2D eigenvalue weighted by molar-refractivity contribution is 6.31. The molecule has 2 aromatic rings. The van der Waals surface area contributed by atoms with Crippen molar-refractivity contribution in [3.8, 4) is 0 Å². The summed E-state index contributed by atoms with van der Waals surface area (Å²) < 4.78 is 1.83. The summed E-state index contributed by atoms with van der Waals surface area (Å²) in [5.41, 5.74) is 1.52. The van der Waals surface area contributed by atoms with E-state index in [1.807, 2.05) is 11.5 Å². The lowest BCUT2D eigenvalue weighted by Crippen LogP contribution is -2.12. The summed E-state index contributed by atoms with van der Waals surface area (Å²) in [6.45, 7) is 2.66. The van der Waals surface area contributed by atoms with E-state index in [-0.39, 0.29) is 6.42 Å². The Morgan fingerprint density at radius 1 is 1.53 bits per heavy atom. The lowest BCUT2D eigenvalue weighted by molar-refractivity contribution is -0.139. The van der Waals surface area contributed by atoms with Gasteiger partial charge < -0.3 is 14.8 Å². The molecule has 0 saturated heterocycles. The number of carbonyl (C=O) groups is 1. The van der Waals surface area contributed by atoms with Gasteiger partial charge in [0, 0.05) is 11.6 Å². The molecule has 2 N–H and O–H groups in total. The van der Waals surface area contributed by atoms with Gasteiger partial charge in [-0.05, 0) is 24.6 Å². The van der Waals surface area contributed by atoms with Crippen molar-refractivity contribution < 1.29 is 15.0 Å². The Morgan fingerprint density at radius 3 is 2.89 bits per heavy atom. The zero-order valence-corrected chi connectivity index (χ0v) is 11.3. The molecule has 2 rings (SSSR count). The van der Waals surface area contributed by atoms with Gasteiger partial charge in [-0.2, -0.15) is 0 Å². The number of nitrogens with zero attached hydrogens (tertiary/aromatic N) is 2. The molecule has 1 aromatic carbocycles. The molecule has 1 atom stereocenters. The van der Waals surface area contributed by atoms with E-state index in [1.165, 1.54) is 0 Å². The van der Waals surface area contributed by atoms with Gasteiger partial charge in [-0.1, -0.05) is 18.5 Å². The molecule has 1 aromatic heterocycles. The fourth-order valence-electron chi connectivity index (χ4n) is 2.08. The number of benzene rings is 1. The first-order chi connectivity index (χ1) is 9.02. The fraction of sp³-hybridized carbons (Fsp3) is 0.385. The van der Waals surface area contributed by atoms with E-state index < -0.39 is 12.1 Å². The highest BCUT2D eigenvalue weighted by Crippen LogP contribution is 2.25. The monoisotopic (exact) mass is 282 g/mol. The smallest absolute Gasteiger partial charge is 0.306 e. The fourth-order valence-corrected chi connectivity index (χ4v) is 2.25. The quantitative estimate of drug-likeness (QED) is 0.884. The third kappa shape index (κ3) is 2.88. The van der Waals surface area contributed by atoms with Gasteiger partial charge in [0.1, 0.15) is 11.9 Å². The van der Waals surface area contributed by atoms with E-state index in [0.717, 1.165) is 11.9 Å². The predicted molar refractivity (Wildman–Crippen MR) is 72.2 cm³/mol. The van der Waals surface area contributed by atoms with Crippen molar-refractivity contribution in [3.63, 3.8) is 0 Å². The van der Waals surface area contributed by atoms with Crippen LogP contribution in [0.15, 0.2) is 18.2 Å². The number of halogens is 1. The molecule has 0 bridgehead atoms. The average Bonchev–Trinajstić information content (AvgIpc) is 2.67. The molecule has 0 fully saturated rings. The Hall–Kier alpha value is -1.59. The van der Waals surface area contributed by atoms with Crippen LogP contribution in [0.25, 0.3) is 11.0 Å². The molecular formula is C13H15ClN2O3. The first-order valence-corrected chi connectivity index (χ1v) is 6.46. The largest absolute Gasteiger partial charge is 0.481 e. The van der Waals surface area contributed by atoms with Crippen LogP contribution in [-0.4, -0.2) is 25.7 Å². The lowest BCUT2D eigenvalue weighted by atomic mass is 10.2. The summed E-state index contributed by atoms with van der Waals surface area (Å²) in [7, 11) is 0. The predicted octanol–water partition coefficient (Wildman–Crippen LogP) is 2.61. The number of imidazole rings is 1. The molecule has 1 heterocycles. The Kier molecular flexibility index (Phi) is 4.07. The van der Waals surface area contributed by atoms with Gasteiger partial charge in [-0.15, -0.1) is 0 Å². The number of aliphatic carboxylic acids is 1. The van der Waals surface area contributed by atoms with E-state index in [9.17, 15) is 9.90 Å². The van der Waals surface area contributed by atoms with E-state index in [2.05, 4.69) is 4.98 Å². The van der Waals surface area contributed by atoms with Gasteiger partial charge in [0.2, 0.25) is 0 Å². The topological polar surface area (TPSA) is 75.4 Å². The van der Waals surface area contributed by atoms with Gasteiger partial charge in [-0.25, -0.2) is 4.98 Å². The van der Waals surface area contributed by atoms with Gasteiger partial charge in [0.25, 0.3) is 0 Å².